The molecule has 0 radical (unpaired) electrons. The van der Waals surface area contributed by atoms with Gasteiger partial charge < -0.3 is 0 Å². The molecule has 11 rings (SSSR count). The fraction of sp³-hybridized carbons (Fsp3) is 0.0392. The van der Waals surface area contributed by atoms with E-state index < -0.39 is 37.4 Å². The van der Waals surface area contributed by atoms with Crippen LogP contribution in [-0.4, -0.2) is 9.55 Å². The Kier molecular flexibility index (Phi) is 4.33. The molecule has 10 aromatic rings. The third-order valence-corrected chi connectivity index (χ3v) is 10.5. The lowest BCUT2D eigenvalue weighted by Gasteiger charge is -2.19. The topological polar surface area (TPSA) is 17.8 Å². The summed E-state index contributed by atoms with van der Waals surface area (Å²) < 4.78 is 117. The fourth-order valence-electron chi connectivity index (χ4n) is 8.29. The second kappa shape index (κ2) is 11.6. The molecule has 0 fully saturated rings. The van der Waals surface area contributed by atoms with Crippen LogP contribution in [0, 0.1) is 0 Å². The molecular formula is C51H34N2. The average molecular weight is 688 g/mol. The van der Waals surface area contributed by atoms with Crippen LogP contribution in [0.1, 0.15) is 30.5 Å². The van der Waals surface area contributed by atoms with Crippen molar-refractivity contribution in [2.45, 2.75) is 13.2 Å². The number of fused-ring (bicyclic) bond motifs is 6. The van der Waals surface area contributed by atoms with Crippen molar-refractivity contribution in [3.63, 3.8) is 0 Å². The Hall–Kier alpha value is -6.77. The average Bonchev–Trinajstić information content (AvgIpc) is 3.88. The monoisotopic (exact) mass is 687 g/mol. The molecule has 0 saturated carbocycles. The van der Waals surface area contributed by atoms with E-state index in [-0.39, 0.29) is 62.7 Å². The minimum atomic E-state index is -3.05. The Bertz CT molecular complexity index is 3650. The van der Waals surface area contributed by atoms with Gasteiger partial charge in [-0.15, -0.1) is 0 Å². The van der Waals surface area contributed by atoms with E-state index in [0.717, 1.165) is 33.0 Å². The SMILES string of the molecule is [2H]c1c([2H])c([2H])c2c(-c3ccc4c5c(cccc35)-c3ccccc3-4)c3c([2H])c([2H])c([2H])c([2H])c3c(-c3ccc(-c4ccccc4-n4c(C([2H])([2H])C([2H])([2H])[2H])nc5ccccc54)cc3)c2c1[2H]. The number of hydrogen-bond acceptors (Lipinski definition) is 1. The Labute approximate surface area is 326 Å². The number of para-hydroxylation sites is 3. The number of aromatic nitrogens is 2. The molecule has 53 heavy (non-hydrogen) atoms. The lowest BCUT2D eigenvalue weighted by Crippen LogP contribution is -2.02. The van der Waals surface area contributed by atoms with E-state index in [4.69, 9.17) is 12.3 Å². The maximum atomic E-state index is 9.52. The van der Waals surface area contributed by atoms with Gasteiger partial charge in [0.1, 0.15) is 5.82 Å². The van der Waals surface area contributed by atoms with Gasteiger partial charge in [-0.3, -0.25) is 4.57 Å². The van der Waals surface area contributed by atoms with E-state index in [1.165, 1.54) is 4.57 Å². The van der Waals surface area contributed by atoms with Gasteiger partial charge in [0.2, 0.25) is 0 Å². The molecule has 0 unspecified atom stereocenters. The van der Waals surface area contributed by atoms with E-state index in [1.54, 1.807) is 66.7 Å². The number of benzene rings is 9. The molecule has 1 aliphatic rings. The zero-order valence-electron chi connectivity index (χ0n) is 41.0. The van der Waals surface area contributed by atoms with Gasteiger partial charge in [0, 0.05) is 18.8 Å². The number of nitrogens with zero attached hydrogens (tertiary/aromatic N) is 2. The molecule has 1 aromatic heterocycles. The number of aryl methyl sites for hydroxylation is 1. The maximum absolute atomic E-state index is 9.52. The Morgan fingerprint density at radius 2 is 1.08 bits per heavy atom. The second-order valence-electron chi connectivity index (χ2n) is 13.2. The van der Waals surface area contributed by atoms with Gasteiger partial charge in [0.15, 0.2) is 0 Å². The molecule has 0 N–H and O–H groups in total. The van der Waals surface area contributed by atoms with E-state index >= 15 is 0 Å². The summed E-state index contributed by atoms with van der Waals surface area (Å²) in [6.07, 6.45) is -2.84. The van der Waals surface area contributed by atoms with E-state index in [1.807, 2.05) is 48.5 Å². The van der Waals surface area contributed by atoms with Gasteiger partial charge in [-0.05, 0) is 101 Å². The lowest BCUT2D eigenvalue weighted by molar-refractivity contribution is 0.909. The molecule has 1 heterocycles. The molecule has 1 aliphatic carbocycles. The van der Waals surface area contributed by atoms with Crippen LogP contribution in [0.25, 0.3) is 105 Å². The number of hydrogen-bond donors (Lipinski definition) is 0. The highest BCUT2D eigenvalue weighted by Crippen LogP contribution is 2.51. The largest absolute Gasteiger partial charge is 0.296 e. The molecule has 0 atom stereocenters. The zero-order valence-corrected chi connectivity index (χ0v) is 28.0. The molecule has 0 bridgehead atoms. The lowest BCUT2D eigenvalue weighted by atomic mass is 9.84. The fourth-order valence-corrected chi connectivity index (χ4v) is 8.29. The van der Waals surface area contributed by atoms with Crippen molar-refractivity contribution in [1.29, 1.82) is 0 Å². The standard InChI is InChI=1S/C51H34N2/c1-2-48-52-45-23-10-12-25-47(45)53(48)46-24-11-9-14-34(46)32-26-28-33(29-27-32)49-38-17-5-7-19-40(38)51(41-20-8-6-18-39(41)49)44-31-30-43-36-16-4-3-15-35(36)37-21-13-22-42(44)50(37)43/h3-31H,2H2,1H3/i1D3,2D2,5D,6D,7D,8D,17D,18D,19D,20D. The van der Waals surface area contributed by atoms with Crippen LogP contribution in [0.5, 0.6) is 0 Å². The minimum Gasteiger partial charge on any atom is -0.296 e. The van der Waals surface area contributed by atoms with Crippen molar-refractivity contribution in [1.82, 2.24) is 9.55 Å². The quantitative estimate of drug-likeness (QED) is 0.165. The van der Waals surface area contributed by atoms with Crippen LogP contribution >= 0.6 is 0 Å². The smallest absolute Gasteiger partial charge is 0.114 e. The summed E-state index contributed by atoms with van der Waals surface area (Å²) in [6, 6.07) is 35.5. The summed E-state index contributed by atoms with van der Waals surface area (Å²) in [6.45, 7) is -3.05. The first-order chi connectivity index (χ1) is 31.5. The minimum absolute atomic E-state index is 0.0923. The molecule has 248 valence electrons. The summed E-state index contributed by atoms with van der Waals surface area (Å²) in [4.78, 5) is 4.50. The van der Waals surface area contributed by atoms with Crippen molar-refractivity contribution in [3.8, 4) is 61.3 Å². The van der Waals surface area contributed by atoms with Gasteiger partial charge >= 0.3 is 0 Å². The molecule has 2 heteroatoms. The van der Waals surface area contributed by atoms with Crippen molar-refractivity contribution < 1.29 is 17.8 Å². The maximum Gasteiger partial charge on any atom is 0.114 e. The van der Waals surface area contributed by atoms with Gasteiger partial charge in [-0.2, -0.15) is 0 Å². The van der Waals surface area contributed by atoms with Crippen LogP contribution < -0.4 is 0 Å². The first-order valence-electron chi connectivity index (χ1n) is 23.8. The summed E-state index contributed by atoms with van der Waals surface area (Å²) >= 11 is 0. The van der Waals surface area contributed by atoms with E-state index in [9.17, 15) is 5.48 Å². The van der Waals surface area contributed by atoms with Crippen LogP contribution in [0.3, 0.4) is 0 Å². The highest BCUT2D eigenvalue weighted by molar-refractivity contribution is 6.26. The molecule has 0 saturated heterocycles. The predicted molar refractivity (Wildman–Crippen MR) is 224 cm³/mol. The van der Waals surface area contributed by atoms with E-state index in [2.05, 4.69) is 17.1 Å². The normalized spacial score (nSPS) is 16.0. The van der Waals surface area contributed by atoms with Crippen molar-refractivity contribution in [2.24, 2.45) is 0 Å². The molecule has 9 aromatic carbocycles. The summed E-state index contributed by atoms with van der Waals surface area (Å²) in [5.41, 5.74) is 8.09. The number of rotatable bonds is 5. The van der Waals surface area contributed by atoms with Crippen molar-refractivity contribution in [2.75, 3.05) is 0 Å². The third kappa shape index (κ3) is 4.36. The molecule has 0 spiro atoms. The van der Waals surface area contributed by atoms with Crippen LogP contribution in [-0.2, 0) is 6.37 Å². The highest BCUT2D eigenvalue weighted by atomic mass is 15.1. The van der Waals surface area contributed by atoms with Crippen LogP contribution in [0.4, 0.5) is 0 Å². The summed E-state index contributed by atoms with van der Waals surface area (Å²) in [7, 11) is 0. The van der Waals surface area contributed by atoms with Crippen LogP contribution in [0.15, 0.2) is 176 Å². The molecule has 0 aliphatic heterocycles. The zero-order chi connectivity index (χ0) is 46.3. The van der Waals surface area contributed by atoms with Gasteiger partial charge in [-0.25, -0.2) is 4.98 Å². The van der Waals surface area contributed by atoms with Crippen molar-refractivity contribution in [3.05, 3.63) is 182 Å². The van der Waals surface area contributed by atoms with Crippen LogP contribution in [0.2, 0.25) is 0 Å². The Morgan fingerprint density at radius 3 is 1.79 bits per heavy atom. The van der Waals surface area contributed by atoms with Gasteiger partial charge in [0.05, 0.1) is 27.7 Å². The highest BCUT2D eigenvalue weighted by Gasteiger charge is 2.24. The van der Waals surface area contributed by atoms with E-state index in [0.29, 0.717) is 39.0 Å². The molecule has 2 nitrogen and oxygen atoms in total. The predicted octanol–water partition coefficient (Wildman–Crippen LogP) is 13.7. The molecule has 0 amide bonds. The summed E-state index contributed by atoms with van der Waals surface area (Å²) in [5, 5.41) is 2.11. The second-order valence-corrected chi connectivity index (χ2v) is 13.2. The molecular weight excluding hydrogens is 641 g/mol. The Balaban J connectivity index is 1.20. The third-order valence-electron chi connectivity index (χ3n) is 10.5. The van der Waals surface area contributed by atoms with Gasteiger partial charge in [0.25, 0.3) is 0 Å². The van der Waals surface area contributed by atoms with Crippen molar-refractivity contribution >= 4 is 43.4 Å². The Morgan fingerprint density at radius 1 is 0.509 bits per heavy atom. The first kappa shape index (κ1) is 19.7. The summed E-state index contributed by atoms with van der Waals surface area (Å²) in [5.74, 6) is -0.293. The number of imidazole rings is 1. The first-order valence-corrected chi connectivity index (χ1v) is 17.3. The van der Waals surface area contributed by atoms with Gasteiger partial charge in [-0.1, -0.05) is 164 Å².